The Bertz CT molecular complexity index is 247. The third-order valence-corrected chi connectivity index (χ3v) is 4.25. The van der Waals surface area contributed by atoms with Crippen LogP contribution in [0, 0.1) is 5.41 Å². The summed E-state index contributed by atoms with van der Waals surface area (Å²) in [5.74, 6) is 1.17. The molecule has 0 aromatic heterocycles. The van der Waals surface area contributed by atoms with Gasteiger partial charge in [-0.3, -0.25) is 4.99 Å². The Morgan fingerprint density at radius 3 is 2.73 bits per heavy atom. The molecule has 2 aliphatic rings. The van der Waals surface area contributed by atoms with E-state index in [2.05, 4.69) is 24.2 Å². The van der Waals surface area contributed by atoms with E-state index in [0.717, 1.165) is 37.8 Å². The van der Waals surface area contributed by atoms with Crippen molar-refractivity contribution in [2.75, 3.05) is 25.5 Å². The van der Waals surface area contributed by atoms with Crippen molar-refractivity contribution in [1.29, 1.82) is 0 Å². The van der Waals surface area contributed by atoms with E-state index in [9.17, 15) is 0 Å². The van der Waals surface area contributed by atoms with E-state index in [-0.39, 0.29) is 0 Å². The van der Waals surface area contributed by atoms with Crippen LogP contribution in [0.1, 0.15) is 26.7 Å². The van der Waals surface area contributed by atoms with E-state index in [4.69, 9.17) is 4.74 Å². The van der Waals surface area contributed by atoms with E-state index in [1.54, 1.807) is 0 Å². The lowest BCUT2D eigenvalue weighted by Crippen LogP contribution is -2.40. The Hall–Kier alpha value is -0.220. The average Bonchev–Trinajstić information content (AvgIpc) is 2.23. The van der Waals surface area contributed by atoms with Crippen molar-refractivity contribution in [1.82, 2.24) is 5.32 Å². The summed E-state index contributed by atoms with van der Waals surface area (Å²) in [6.45, 7) is 7.28. The average molecular weight is 228 g/mol. The monoisotopic (exact) mass is 228 g/mol. The van der Waals surface area contributed by atoms with E-state index >= 15 is 0 Å². The quantitative estimate of drug-likeness (QED) is 0.744. The minimum Gasteiger partial charge on any atom is -0.381 e. The molecule has 0 saturated carbocycles. The normalized spacial score (nSPS) is 27.2. The summed E-state index contributed by atoms with van der Waals surface area (Å²) in [4.78, 5) is 4.60. The van der Waals surface area contributed by atoms with Gasteiger partial charge in [0, 0.05) is 31.6 Å². The molecule has 0 spiro atoms. The summed E-state index contributed by atoms with van der Waals surface area (Å²) >= 11 is 1.86. The minimum atomic E-state index is 0.367. The first kappa shape index (κ1) is 11.3. The maximum absolute atomic E-state index is 5.34. The van der Waals surface area contributed by atoms with Gasteiger partial charge in [0.1, 0.15) is 0 Å². The number of nitrogens with one attached hydrogen (secondary N) is 1. The molecule has 0 radical (unpaired) electrons. The third-order valence-electron chi connectivity index (χ3n) is 2.80. The van der Waals surface area contributed by atoms with Crippen LogP contribution >= 0.6 is 11.8 Å². The highest BCUT2D eigenvalue weighted by Crippen LogP contribution is 2.27. The van der Waals surface area contributed by atoms with Gasteiger partial charge in [0.2, 0.25) is 0 Å². The van der Waals surface area contributed by atoms with Crippen molar-refractivity contribution in [2.45, 2.75) is 32.7 Å². The second-order valence-electron chi connectivity index (χ2n) is 5.11. The number of ether oxygens (including phenoxy) is 1. The highest BCUT2D eigenvalue weighted by atomic mass is 32.2. The molecule has 86 valence electrons. The summed E-state index contributed by atoms with van der Waals surface area (Å²) in [6.07, 6.45) is 2.23. The van der Waals surface area contributed by atoms with Crippen molar-refractivity contribution < 1.29 is 4.74 Å². The Labute approximate surface area is 96.1 Å². The first-order valence-electron chi connectivity index (χ1n) is 5.67. The Morgan fingerprint density at radius 2 is 2.13 bits per heavy atom. The van der Waals surface area contributed by atoms with Crippen molar-refractivity contribution in [3.8, 4) is 0 Å². The molecule has 0 aliphatic carbocycles. The van der Waals surface area contributed by atoms with E-state index < -0.39 is 0 Å². The fourth-order valence-electron chi connectivity index (χ4n) is 1.74. The lowest BCUT2D eigenvalue weighted by molar-refractivity contribution is 0.0826. The maximum atomic E-state index is 5.34. The lowest BCUT2D eigenvalue weighted by atomic mass is 9.97. The predicted octanol–water partition coefficient (Wildman–Crippen LogP) is 1.88. The summed E-state index contributed by atoms with van der Waals surface area (Å²) in [5.41, 5.74) is 0.367. The molecule has 0 amide bonds. The molecule has 0 atom stereocenters. The molecule has 0 bridgehead atoms. The summed E-state index contributed by atoms with van der Waals surface area (Å²) in [5, 5.41) is 4.67. The molecule has 2 aliphatic heterocycles. The fraction of sp³-hybridized carbons (Fsp3) is 0.909. The lowest BCUT2D eigenvalue weighted by Gasteiger charge is -2.30. The topological polar surface area (TPSA) is 33.6 Å². The zero-order chi connectivity index (χ0) is 10.7. The summed E-state index contributed by atoms with van der Waals surface area (Å²) in [7, 11) is 0. The number of thioether (sulfide) groups is 1. The van der Waals surface area contributed by atoms with Crippen LogP contribution in [0.5, 0.6) is 0 Å². The van der Waals surface area contributed by atoms with Crippen molar-refractivity contribution >= 4 is 16.9 Å². The van der Waals surface area contributed by atoms with Gasteiger partial charge >= 0.3 is 0 Å². The molecule has 0 aromatic carbocycles. The first-order chi connectivity index (χ1) is 7.16. The fourth-order valence-corrected chi connectivity index (χ4v) is 2.77. The molecule has 2 rings (SSSR count). The van der Waals surface area contributed by atoms with Crippen molar-refractivity contribution in [3.63, 3.8) is 0 Å². The molecule has 15 heavy (non-hydrogen) atoms. The van der Waals surface area contributed by atoms with Crippen LogP contribution < -0.4 is 5.32 Å². The second kappa shape index (κ2) is 4.74. The van der Waals surface area contributed by atoms with Crippen LogP contribution in [-0.2, 0) is 4.74 Å². The maximum Gasteiger partial charge on any atom is 0.156 e. The summed E-state index contributed by atoms with van der Waals surface area (Å²) in [6, 6.07) is 0.575. The highest BCUT2D eigenvalue weighted by molar-refractivity contribution is 8.13. The SMILES string of the molecule is CC1(C)CN=C(NC2CCOCC2)SC1. The zero-order valence-electron chi connectivity index (χ0n) is 9.58. The molecule has 3 nitrogen and oxygen atoms in total. The third kappa shape index (κ3) is 3.38. The number of aliphatic imine (C=N–C) groups is 1. The highest BCUT2D eigenvalue weighted by Gasteiger charge is 2.24. The Kier molecular flexibility index (Phi) is 3.57. The molecule has 0 aromatic rings. The Balaban J connectivity index is 1.82. The van der Waals surface area contributed by atoms with Gasteiger partial charge in [-0.15, -0.1) is 0 Å². The summed E-state index contributed by atoms with van der Waals surface area (Å²) < 4.78 is 5.34. The van der Waals surface area contributed by atoms with Crippen LogP contribution in [0.4, 0.5) is 0 Å². The predicted molar refractivity (Wildman–Crippen MR) is 65.5 cm³/mol. The molecule has 1 fully saturated rings. The molecule has 0 unspecified atom stereocenters. The van der Waals surface area contributed by atoms with Gasteiger partial charge in [0.25, 0.3) is 0 Å². The van der Waals surface area contributed by atoms with Crippen LogP contribution in [0.15, 0.2) is 4.99 Å². The van der Waals surface area contributed by atoms with Crippen LogP contribution in [0.3, 0.4) is 0 Å². The number of rotatable bonds is 1. The van der Waals surface area contributed by atoms with Gasteiger partial charge in [-0.1, -0.05) is 25.6 Å². The molecular weight excluding hydrogens is 208 g/mol. The van der Waals surface area contributed by atoms with Gasteiger partial charge in [-0.2, -0.15) is 0 Å². The number of amidine groups is 1. The number of nitrogens with zero attached hydrogens (tertiary/aromatic N) is 1. The number of hydrogen-bond donors (Lipinski definition) is 1. The minimum absolute atomic E-state index is 0.367. The largest absolute Gasteiger partial charge is 0.381 e. The van der Waals surface area contributed by atoms with E-state index in [1.165, 1.54) is 5.75 Å². The second-order valence-corrected chi connectivity index (χ2v) is 6.07. The van der Waals surface area contributed by atoms with Gasteiger partial charge < -0.3 is 10.1 Å². The van der Waals surface area contributed by atoms with E-state index in [0.29, 0.717) is 11.5 Å². The van der Waals surface area contributed by atoms with Crippen LogP contribution in [-0.4, -0.2) is 36.7 Å². The zero-order valence-corrected chi connectivity index (χ0v) is 10.4. The molecule has 1 N–H and O–H groups in total. The van der Waals surface area contributed by atoms with Gasteiger partial charge in [-0.25, -0.2) is 0 Å². The molecule has 1 saturated heterocycles. The van der Waals surface area contributed by atoms with Crippen LogP contribution in [0.2, 0.25) is 0 Å². The van der Waals surface area contributed by atoms with Gasteiger partial charge in [0.15, 0.2) is 5.17 Å². The Morgan fingerprint density at radius 1 is 1.40 bits per heavy atom. The molecular formula is C11H20N2OS. The van der Waals surface area contributed by atoms with E-state index in [1.807, 2.05) is 11.8 Å². The first-order valence-corrected chi connectivity index (χ1v) is 6.66. The molecule has 2 heterocycles. The van der Waals surface area contributed by atoms with Crippen molar-refractivity contribution in [3.05, 3.63) is 0 Å². The van der Waals surface area contributed by atoms with Crippen molar-refractivity contribution in [2.24, 2.45) is 10.4 Å². The van der Waals surface area contributed by atoms with Crippen LogP contribution in [0.25, 0.3) is 0 Å². The number of hydrogen-bond acceptors (Lipinski definition) is 4. The standard InChI is InChI=1S/C11H20N2OS/c1-11(2)7-12-10(15-8-11)13-9-3-5-14-6-4-9/h9H,3-8H2,1-2H3,(H,12,13). The smallest absolute Gasteiger partial charge is 0.156 e. The van der Waals surface area contributed by atoms with Gasteiger partial charge in [0.05, 0.1) is 0 Å². The van der Waals surface area contributed by atoms with Gasteiger partial charge in [-0.05, 0) is 18.3 Å². The molecule has 4 heteroatoms.